The van der Waals surface area contributed by atoms with Gasteiger partial charge < -0.3 is 19.8 Å². The van der Waals surface area contributed by atoms with Crippen LogP contribution in [0.4, 0.5) is 0 Å². The fourth-order valence-corrected chi connectivity index (χ4v) is 1.98. The first kappa shape index (κ1) is 13.1. The lowest BCUT2D eigenvalue weighted by Gasteiger charge is -2.22. The zero-order valence-electron chi connectivity index (χ0n) is 9.32. The molecule has 0 bridgehead atoms. The van der Waals surface area contributed by atoms with Crippen LogP contribution in [0.15, 0.2) is 53.0 Å². The zero-order chi connectivity index (χ0) is 13.2. The van der Waals surface area contributed by atoms with E-state index in [9.17, 15) is 15.1 Å². The van der Waals surface area contributed by atoms with Crippen molar-refractivity contribution in [3.8, 4) is 11.5 Å². The summed E-state index contributed by atoms with van der Waals surface area (Å²) in [5.41, 5.74) is -0.0182. The van der Waals surface area contributed by atoms with Gasteiger partial charge in [-0.05, 0) is 24.3 Å². The van der Waals surface area contributed by atoms with Gasteiger partial charge in [0.05, 0.1) is 0 Å². The summed E-state index contributed by atoms with van der Waals surface area (Å²) in [5.74, 6) is 1.02. The molecule has 0 heterocycles. The highest BCUT2D eigenvalue weighted by atomic mass is 79.9. The van der Waals surface area contributed by atoms with Gasteiger partial charge >= 0.3 is 6.75 Å². The van der Waals surface area contributed by atoms with E-state index in [0.29, 0.717) is 16.0 Å². The Labute approximate surface area is 113 Å². The van der Waals surface area contributed by atoms with Crippen molar-refractivity contribution in [3.63, 3.8) is 0 Å². The molecule has 6 heteroatoms. The molecular weight excluding hydrogens is 299 g/mol. The van der Waals surface area contributed by atoms with Crippen molar-refractivity contribution < 1.29 is 19.8 Å². The summed E-state index contributed by atoms with van der Waals surface area (Å²) < 4.78 is 6.12. The van der Waals surface area contributed by atoms with Crippen molar-refractivity contribution in [1.82, 2.24) is 0 Å². The molecule has 2 aromatic rings. The van der Waals surface area contributed by atoms with Crippen molar-refractivity contribution >= 4 is 28.1 Å². The van der Waals surface area contributed by atoms with Gasteiger partial charge in [0.15, 0.2) is 0 Å². The molecule has 94 valence electrons. The largest absolute Gasteiger partial charge is 0.556 e. The number of hydrogen-bond donors (Lipinski definition) is 3. The monoisotopic (exact) mass is 309 g/mol. The molecule has 0 aromatic heterocycles. The minimum atomic E-state index is -3.54. The van der Waals surface area contributed by atoms with Gasteiger partial charge in [-0.1, -0.05) is 40.2 Å². The smallest absolute Gasteiger partial charge is 0.402 e. The van der Waals surface area contributed by atoms with Crippen LogP contribution in [-0.4, -0.2) is 21.8 Å². The molecule has 0 saturated heterocycles. The average molecular weight is 310 g/mol. The fourth-order valence-electron chi connectivity index (χ4n) is 1.49. The third kappa shape index (κ3) is 3.33. The zero-order valence-corrected chi connectivity index (χ0v) is 10.9. The topological polar surface area (TPSA) is 69.9 Å². The van der Waals surface area contributed by atoms with Crippen LogP contribution in [-0.2, 0) is 0 Å². The molecular formula is C12H11BBrO4-. The number of halogens is 1. The van der Waals surface area contributed by atoms with Gasteiger partial charge in [0, 0.05) is 4.47 Å². The molecule has 4 nitrogen and oxygen atoms in total. The maximum Gasteiger partial charge on any atom is 0.402 e. The Hall–Kier alpha value is -1.34. The summed E-state index contributed by atoms with van der Waals surface area (Å²) in [6.07, 6.45) is 0. The van der Waals surface area contributed by atoms with E-state index in [1.807, 2.05) is 18.2 Å². The molecule has 0 amide bonds. The summed E-state index contributed by atoms with van der Waals surface area (Å²) >= 11 is 3.22. The Morgan fingerprint density at radius 2 is 1.56 bits per heavy atom. The molecule has 0 fully saturated rings. The van der Waals surface area contributed by atoms with E-state index in [1.165, 1.54) is 12.1 Å². The van der Waals surface area contributed by atoms with E-state index < -0.39 is 6.75 Å². The standard InChI is InChI=1S/C12H11BBrO4/c14-10-6-9(13(15,16)17)7-12(8-10)18-11-4-2-1-3-5-11/h1-8,15-17H/q-1. The lowest BCUT2D eigenvalue weighted by molar-refractivity contribution is 0.249. The number of hydrogen-bond acceptors (Lipinski definition) is 4. The van der Waals surface area contributed by atoms with Gasteiger partial charge in [-0.25, -0.2) is 0 Å². The highest BCUT2D eigenvalue weighted by Gasteiger charge is 2.19. The van der Waals surface area contributed by atoms with Crippen LogP contribution in [0.25, 0.3) is 0 Å². The van der Waals surface area contributed by atoms with Crippen LogP contribution >= 0.6 is 15.9 Å². The first-order valence-electron chi connectivity index (χ1n) is 5.30. The molecule has 0 saturated carbocycles. The molecule has 0 atom stereocenters. The van der Waals surface area contributed by atoms with Gasteiger partial charge in [-0.3, -0.25) is 0 Å². The number of ether oxygens (including phenoxy) is 1. The molecule has 0 radical (unpaired) electrons. The number of rotatable bonds is 3. The Kier molecular flexibility index (Phi) is 3.72. The molecule has 2 rings (SSSR count). The molecule has 0 unspecified atom stereocenters. The van der Waals surface area contributed by atoms with Gasteiger partial charge in [0.1, 0.15) is 11.5 Å². The van der Waals surface area contributed by atoms with Crippen LogP contribution in [0.3, 0.4) is 0 Å². The third-order valence-electron chi connectivity index (χ3n) is 2.32. The van der Waals surface area contributed by atoms with E-state index in [4.69, 9.17) is 4.74 Å². The summed E-state index contributed by atoms with van der Waals surface area (Å²) in [5, 5.41) is 27.6. The Morgan fingerprint density at radius 3 is 2.17 bits per heavy atom. The first-order chi connectivity index (χ1) is 8.45. The van der Waals surface area contributed by atoms with Crippen LogP contribution in [0, 0.1) is 0 Å². The average Bonchev–Trinajstić information content (AvgIpc) is 2.28. The number of benzene rings is 2. The van der Waals surface area contributed by atoms with Crippen LogP contribution in [0.5, 0.6) is 11.5 Å². The highest BCUT2D eigenvalue weighted by molar-refractivity contribution is 9.10. The van der Waals surface area contributed by atoms with Crippen molar-refractivity contribution in [3.05, 3.63) is 53.0 Å². The third-order valence-corrected chi connectivity index (χ3v) is 2.78. The molecule has 0 spiro atoms. The molecule has 2 aromatic carbocycles. The maximum atomic E-state index is 9.20. The van der Waals surface area contributed by atoms with Gasteiger partial charge in [-0.15, -0.1) is 5.46 Å². The summed E-state index contributed by atoms with van der Waals surface area (Å²) in [6.45, 7) is -3.54. The normalized spacial score (nSPS) is 11.3. The number of para-hydroxylation sites is 1. The summed E-state index contributed by atoms with van der Waals surface area (Å²) in [4.78, 5) is 0. The van der Waals surface area contributed by atoms with E-state index in [1.54, 1.807) is 18.2 Å². The Morgan fingerprint density at radius 1 is 0.889 bits per heavy atom. The SMILES string of the molecule is O[B-](O)(O)c1cc(Br)cc(Oc2ccccc2)c1. The Bertz CT molecular complexity index is 540. The van der Waals surface area contributed by atoms with E-state index in [2.05, 4.69) is 15.9 Å². The van der Waals surface area contributed by atoms with Gasteiger partial charge in [-0.2, -0.15) is 0 Å². The summed E-state index contributed by atoms with van der Waals surface area (Å²) in [7, 11) is 0. The van der Waals surface area contributed by atoms with Crippen molar-refractivity contribution in [2.45, 2.75) is 0 Å². The quantitative estimate of drug-likeness (QED) is 0.749. The van der Waals surface area contributed by atoms with Crippen molar-refractivity contribution in [2.75, 3.05) is 0 Å². The molecule has 0 aliphatic heterocycles. The van der Waals surface area contributed by atoms with Crippen LogP contribution in [0.1, 0.15) is 0 Å². The van der Waals surface area contributed by atoms with E-state index in [0.717, 1.165) is 0 Å². The summed E-state index contributed by atoms with van der Waals surface area (Å²) in [6, 6.07) is 13.5. The minimum Gasteiger partial charge on any atom is -0.556 e. The van der Waals surface area contributed by atoms with Crippen LogP contribution in [0.2, 0.25) is 0 Å². The van der Waals surface area contributed by atoms with Gasteiger partial charge in [0.25, 0.3) is 0 Å². The molecule has 18 heavy (non-hydrogen) atoms. The lowest BCUT2D eigenvalue weighted by Crippen LogP contribution is -2.48. The lowest BCUT2D eigenvalue weighted by atomic mass is 9.71. The predicted molar refractivity (Wildman–Crippen MR) is 72.7 cm³/mol. The van der Waals surface area contributed by atoms with Crippen molar-refractivity contribution in [2.24, 2.45) is 0 Å². The maximum absolute atomic E-state index is 9.20. The fraction of sp³-hybridized carbons (Fsp3) is 0. The van der Waals surface area contributed by atoms with Gasteiger partial charge in [0.2, 0.25) is 0 Å². The highest BCUT2D eigenvalue weighted by Crippen LogP contribution is 2.23. The van der Waals surface area contributed by atoms with E-state index in [-0.39, 0.29) is 5.46 Å². The second-order valence-electron chi connectivity index (χ2n) is 3.87. The van der Waals surface area contributed by atoms with E-state index >= 15 is 0 Å². The second-order valence-corrected chi connectivity index (χ2v) is 4.78. The molecule has 3 N–H and O–H groups in total. The second kappa shape index (κ2) is 5.11. The Balaban J connectivity index is 2.32. The molecule has 0 aliphatic carbocycles. The first-order valence-corrected chi connectivity index (χ1v) is 6.10. The van der Waals surface area contributed by atoms with Crippen molar-refractivity contribution in [1.29, 1.82) is 0 Å². The predicted octanol–water partition coefficient (Wildman–Crippen LogP) is 1.36. The van der Waals surface area contributed by atoms with Crippen LogP contribution < -0.4 is 10.2 Å². The molecule has 0 aliphatic rings. The minimum absolute atomic E-state index is 0.0182.